The Balaban J connectivity index is 2.02. The van der Waals surface area contributed by atoms with E-state index in [9.17, 15) is 9.59 Å². The molecule has 0 spiro atoms. The maximum absolute atomic E-state index is 11.7. The number of benzene rings is 1. The van der Waals surface area contributed by atoms with Crippen molar-refractivity contribution in [1.29, 1.82) is 0 Å². The van der Waals surface area contributed by atoms with Gasteiger partial charge in [0.2, 0.25) is 5.91 Å². The van der Waals surface area contributed by atoms with Gasteiger partial charge in [-0.05, 0) is 41.6 Å². The summed E-state index contributed by atoms with van der Waals surface area (Å²) < 4.78 is 10.4. The van der Waals surface area contributed by atoms with Gasteiger partial charge in [0.1, 0.15) is 5.75 Å². The number of thiophene rings is 1. The number of anilines is 1. The summed E-state index contributed by atoms with van der Waals surface area (Å²) in [5.41, 5.74) is 0.710. The molecular formula is C17H19NO4S. The smallest absolute Gasteiger partial charge is 0.351 e. The van der Waals surface area contributed by atoms with E-state index in [4.69, 9.17) is 9.47 Å². The number of carbonyl (C=O) groups is 2. The van der Waals surface area contributed by atoms with Gasteiger partial charge < -0.3 is 14.8 Å². The highest BCUT2D eigenvalue weighted by atomic mass is 32.1. The number of carbonyl (C=O) groups excluding carboxylic acids is 2. The fourth-order valence-electron chi connectivity index (χ4n) is 1.94. The second-order valence-corrected chi connectivity index (χ2v) is 6.29. The molecule has 0 radical (unpaired) electrons. The minimum atomic E-state index is -0.424. The highest BCUT2D eigenvalue weighted by molar-refractivity contribution is 7.12. The van der Waals surface area contributed by atoms with Crippen LogP contribution in [-0.4, -0.2) is 19.0 Å². The van der Waals surface area contributed by atoms with Gasteiger partial charge in [0.25, 0.3) is 0 Å². The van der Waals surface area contributed by atoms with Crippen molar-refractivity contribution < 1.29 is 19.1 Å². The highest BCUT2D eigenvalue weighted by Crippen LogP contribution is 2.30. The van der Waals surface area contributed by atoms with Gasteiger partial charge in [-0.25, -0.2) is 4.79 Å². The van der Waals surface area contributed by atoms with Crippen LogP contribution in [0.25, 0.3) is 0 Å². The van der Waals surface area contributed by atoms with Gasteiger partial charge >= 0.3 is 5.97 Å². The summed E-state index contributed by atoms with van der Waals surface area (Å²) in [5.74, 6) is 0.911. The minimum absolute atomic E-state index is 0.0144. The number of hydrogen-bond donors (Lipinski definition) is 1. The molecule has 0 unspecified atom stereocenters. The molecule has 1 aromatic heterocycles. The molecule has 1 heterocycles. The van der Waals surface area contributed by atoms with Crippen LogP contribution in [0, 0.1) is 5.92 Å². The maximum atomic E-state index is 11.7. The minimum Gasteiger partial charge on any atom is -0.465 e. The second kappa shape index (κ2) is 7.78. The molecule has 122 valence electrons. The van der Waals surface area contributed by atoms with Crippen molar-refractivity contribution in [3.05, 3.63) is 40.6 Å². The van der Waals surface area contributed by atoms with E-state index in [2.05, 4.69) is 5.32 Å². The lowest BCUT2D eigenvalue weighted by Crippen LogP contribution is -2.13. The molecule has 2 rings (SSSR count). The first-order chi connectivity index (χ1) is 11.0. The van der Waals surface area contributed by atoms with Crippen LogP contribution in [0.2, 0.25) is 0 Å². The number of ether oxygens (including phenoxy) is 2. The zero-order chi connectivity index (χ0) is 16.8. The van der Waals surface area contributed by atoms with Crippen molar-refractivity contribution >= 4 is 28.9 Å². The Morgan fingerprint density at radius 2 is 1.87 bits per heavy atom. The van der Waals surface area contributed by atoms with Gasteiger partial charge in [-0.1, -0.05) is 13.8 Å². The van der Waals surface area contributed by atoms with Gasteiger partial charge in [0.15, 0.2) is 10.6 Å². The van der Waals surface area contributed by atoms with Crippen LogP contribution >= 0.6 is 11.3 Å². The third kappa shape index (κ3) is 4.82. The molecule has 0 atom stereocenters. The zero-order valence-electron chi connectivity index (χ0n) is 13.3. The van der Waals surface area contributed by atoms with Gasteiger partial charge in [0.05, 0.1) is 7.11 Å². The molecule has 0 fully saturated rings. The van der Waals surface area contributed by atoms with E-state index >= 15 is 0 Å². The third-order valence-electron chi connectivity index (χ3n) is 2.96. The Morgan fingerprint density at radius 3 is 2.48 bits per heavy atom. The van der Waals surface area contributed by atoms with E-state index in [-0.39, 0.29) is 5.91 Å². The first-order valence-electron chi connectivity index (χ1n) is 7.23. The van der Waals surface area contributed by atoms with Crippen LogP contribution in [0.3, 0.4) is 0 Å². The molecular weight excluding hydrogens is 314 g/mol. The fourth-order valence-corrected chi connectivity index (χ4v) is 2.67. The van der Waals surface area contributed by atoms with Crippen molar-refractivity contribution in [2.75, 3.05) is 12.4 Å². The largest absolute Gasteiger partial charge is 0.465 e. The molecule has 0 saturated heterocycles. The third-order valence-corrected chi connectivity index (χ3v) is 3.84. The summed E-state index contributed by atoms with van der Waals surface area (Å²) in [6, 6.07) is 8.72. The van der Waals surface area contributed by atoms with Crippen LogP contribution in [0.4, 0.5) is 5.69 Å². The summed E-state index contributed by atoms with van der Waals surface area (Å²) in [4.78, 5) is 23.8. The molecule has 6 heteroatoms. The molecule has 0 bridgehead atoms. The lowest BCUT2D eigenvalue weighted by atomic mass is 10.1. The van der Waals surface area contributed by atoms with Gasteiger partial charge in [-0.2, -0.15) is 0 Å². The Kier molecular flexibility index (Phi) is 5.76. The Morgan fingerprint density at radius 1 is 1.17 bits per heavy atom. The summed E-state index contributed by atoms with van der Waals surface area (Å²) >= 11 is 1.26. The molecule has 0 aliphatic carbocycles. The summed E-state index contributed by atoms with van der Waals surface area (Å²) in [7, 11) is 1.33. The topological polar surface area (TPSA) is 64.6 Å². The van der Waals surface area contributed by atoms with Gasteiger partial charge in [0, 0.05) is 12.1 Å². The predicted molar refractivity (Wildman–Crippen MR) is 90.3 cm³/mol. The van der Waals surface area contributed by atoms with Gasteiger partial charge in [-0.15, -0.1) is 11.3 Å². The van der Waals surface area contributed by atoms with E-state index in [1.165, 1.54) is 18.4 Å². The fraction of sp³-hybridized carbons (Fsp3) is 0.294. The monoisotopic (exact) mass is 333 g/mol. The van der Waals surface area contributed by atoms with E-state index in [1.807, 2.05) is 13.8 Å². The number of nitrogens with one attached hydrogen (secondary N) is 1. The summed E-state index contributed by atoms with van der Waals surface area (Å²) in [6.07, 6.45) is 0.482. The van der Waals surface area contributed by atoms with Crippen molar-refractivity contribution in [2.45, 2.75) is 20.3 Å². The summed E-state index contributed by atoms with van der Waals surface area (Å²) in [5, 5.41) is 4.60. The SMILES string of the molecule is COC(=O)c1sccc1Oc1ccc(NC(=O)CC(C)C)cc1. The predicted octanol–water partition coefficient (Wildman–Crippen LogP) is 4.31. The van der Waals surface area contributed by atoms with Crippen molar-refractivity contribution in [3.63, 3.8) is 0 Å². The van der Waals surface area contributed by atoms with Crippen LogP contribution < -0.4 is 10.1 Å². The molecule has 23 heavy (non-hydrogen) atoms. The van der Waals surface area contributed by atoms with Crippen LogP contribution in [-0.2, 0) is 9.53 Å². The Hall–Kier alpha value is -2.34. The summed E-state index contributed by atoms with van der Waals surface area (Å²) in [6.45, 7) is 3.99. The normalized spacial score (nSPS) is 10.4. The van der Waals surface area contributed by atoms with Crippen LogP contribution in [0.1, 0.15) is 29.9 Å². The molecule has 2 aromatic rings. The van der Waals surface area contributed by atoms with Crippen LogP contribution in [0.15, 0.2) is 35.7 Å². The Bertz CT molecular complexity index is 676. The van der Waals surface area contributed by atoms with Crippen molar-refractivity contribution in [2.24, 2.45) is 5.92 Å². The van der Waals surface area contributed by atoms with E-state index in [0.717, 1.165) is 0 Å². The number of amides is 1. The lowest BCUT2D eigenvalue weighted by molar-refractivity contribution is -0.116. The maximum Gasteiger partial charge on any atom is 0.351 e. The molecule has 1 N–H and O–H groups in total. The van der Waals surface area contributed by atoms with Crippen molar-refractivity contribution in [1.82, 2.24) is 0 Å². The highest BCUT2D eigenvalue weighted by Gasteiger charge is 2.15. The average molecular weight is 333 g/mol. The quantitative estimate of drug-likeness (QED) is 0.800. The Labute approximate surface area is 139 Å². The first-order valence-corrected chi connectivity index (χ1v) is 8.11. The van der Waals surface area contributed by atoms with Gasteiger partial charge in [-0.3, -0.25) is 4.79 Å². The molecule has 5 nitrogen and oxygen atoms in total. The molecule has 0 aliphatic rings. The molecule has 1 aromatic carbocycles. The van der Waals surface area contributed by atoms with Crippen LogP contribution in [0.5, 0.6) is 11.5 Å². The zero-order valence-corrected chi connectivity index (χ0v) is 14.1. The standard InChI is InChI=1S/C17H19NO4S/c1-11(2)10-15(19)18-12-4-6-13(7-5-12)22-14-8-9-23-16(14)17(20)21-3/h4-9,11H,10H2,1-3H3,(H,18,19). The molecule has 0 aliphatic heterocycles. The molecule has 1 amide bonds. The number of methoxy groups -OCH3 is 1. The molecule has 0 saturated carbocycles. The van der Waals surface area contributed by atoms with E-state index in [0.29, 0.717) is 34.4 Å². The lowest BCUT2D eigenvalue weighted by Gasteiger charge is -2.09. The van der Waals surface area contributed by atoms with Crippen molar-refractivity contribution in [3.8, 4) is 11.5 Å². The van der Waals surface area contributed by atoms with E-state index < -0.39 is 5.97 Å². The number of hydrogen-bond acceptors (Lipinski definition) is 5. The number of rotatable bonds is 6. The average Bonchev–Trinajstić information content (AvgIpc) is 2.95. The first kappa shape index (κ1) is 17.0. The second-order valence-electron chi connectivity index (χ2n) is 5.38. The number of esters is 1. The van der Waals surface area contributed by atoms with E-state index in [1.54, 1.807) is 35.7 Å².